The molecule has 1 aromatic carbocycles. The molecule has 1 aliphatic rings. The molecule has 0 aromatic heterocycles. The van der Waals surface area contributed by atoms with E-state index >= 15 is 0 Å². The highest BCUT2D eigenvalue weighted by Crippen LogP contribution is 2.45. The monoisotopic (exact) mass is 258 g/mol. The number of hydrogen-bond acceptors (Lipinski definition) is 3. The first kappa shape index (κ1) is 13.9. The minimum Gasteiger partial charge on any atom is -0.496 e. The number of methoxy groups -OCH3 is 1. The van der Waals surface area contributed by atoms with E-state index in [1.807, 2.05) is 6.07 Å². The van der Waals surface area contributed by atoms with Crippen LogP contribution in [0.15, 0.2) is 12.1 Å². The Labute approximate surface area is 115 Å². The molecule has 3 heteroatoms. The number of nitriles is 1. The Morgan fingerprint density at radius 2 is 2.00 bits per heavy atom. The second-order valence-electron chi connectivity index (χ2n) is 5.74. The molecule has 0 amide bonds. The third-order valence-electron chi connectivity index (χ3n) is 4.17. The Morgan fingerprint density at radius 1 is 1.32 bits per heavy atom. The topological polar surface area (TPSA) is 36.3 Å². The van der Waals surface area contributed by atoms with Crippen LogP contribution in [0.5, 0.6) is 5.75 Å². The molecule has 0 spiro atoms. The first-order valence-electron chi connectivity index (χ1n) is 6.74. The summed E-state index contributed by atoms with van der Waals surface area (Å²) in [6, 6.07) is 6.61. The summed E-state index contributed by atoms with van der Waals surface area (Å²) in [6.45, 7) is 5.99. The molecular weight excluding hydrogens is 236 g/mol. The molecule has 0 N–H and O–H groups in total. The maximum absolute atomic E-state index is 9.15. The summed E-state index contributed by atoms with van der Waals surface area (Å²) in [5.41, 5.74) is 3.74. The van der Waals surface area contributed by atoms with Gasteiger partial charge in [-0.15, -0.1) is 0 Å². The van der Waals surface area contributed by atoms with Crippen LogP contribution in [-0.4, -0.2) is 25.6 Å². The van der Waals surface area contributed by atoms with Crippen molar-refractivity contribution >= 4 is 0 Å². The quantitative estimate of drug-likeness (QED) is 0.814. The average Bonchev–Trinajstić information content (AvgIpc) is 3.15. The van der Waals surface area contributed by atoms with E-state index in [9.17, 15) is 0 Å². The molecule has 0 bridgehead atoms. The van der Waals surface area contributed by atoms with Crippen LogP contribution in [-0.2, 0) is 6.54 Å². The van der Waals surface area contributed by atoms with Crippen LogP contribution in [0.3, 0.4) is 0 Å². The van der Waals surface area contributed by atoms with Crippen LogP contribution in [0, 0.1) is 30.6 Å². The zero-order valence-electron chi connectivity index (χ0n) is 12.3. The van der Waals surface area contributed by atoms with Crippen molar-refractivity contribution in [3.8, 4) is 11.8 Å². The van der Waals surface area contributed by atoms with Gasteiger partial charge in [0.1, 0.15) is 5.75 Å². The molecule has 1 aromatic rings. The highest BCUT2D eigenvalue weighted by Gasteiger charge is 2.43. The minimum absolute atomic E-state index is 0.0653. The van der Waals surface area contributed by atoms with E-state index in [-0.39, 0.29) is 5.41 Å². The van der Waals surface area contributed by atoms with Crippen molar-refractivity contribution in [2.75, 3.05) is 20.7 Å². The zero-order chi connectivity index (χ0) is 14.0. The Hall–Kier alpha value is -1.53. The van der Waals surface area contributed by atoms with E-state index in [0.717, 1.165) is 31.7 Å². The summed E-state index contributed by atoms with van der Waals surface area (Å²) in [4.78, 5) is 2.25. The lowest BCUT2D eigenvalue weighted by molar-refractivity contribution is 0.286. The molecule has 102 valence electrons. The fourth-order valence-electron chi connectivity index (χ4n) is 2.56. The van der Waals surface area contributed by atoms with E-state index < -0.39 is 0 Å². The molecular formula is C16H22N2O. The lowest BCUT2D eigenvalue weighted by atomic mass is 10.0. The van der Waals surface area contributed by atoms with Crippen LogP contribution in [0.1, 0.15) is 29.5 Å². The SMILES string of the molecule is COc1ccc(CN(C)CC2(C#N)CC2)c(C)c1C. The molecule has 0 unspecified atom stereocenters. The predicted octanol–water partition coefficient (Wildman–Crippen LogP) is 3.05. The Balaban J connectivity index is 2.07. The molecule has 2 rings (SSSR count). The van der Waals surface area contributed by atoms with Gasteiger partial charge in [0.2, 0.25) is 0 Å². The smallest absolute Gasteiger partial charge is 0.122 e. The first-order chi connectivity index (χ1) is 9.01. The highest BCUT2D eigenvalue weighted by molar-refractivity contribution is 5.43. The van der Waals surface area contributed by atoms with Gasteiger partial charge in [-0.25, -0.2) is 0 Å². The standard InChI is InChI=1S/C16H22N2O/c1-12-13(2)15(19-4)6-5-14(12)9-18(3)11-16(10-17)7-8-16/h5-6H,7-9,11H2,1-4H3. The summed E-state index contributed by atoms with van der Waals surface area (Å²) in [6.07, 6.45) is 2.10. The van der Waals surface area contributed by atoms with Gasteiger partial charge in [0.25, 0.3) is 0 Å². The lowest BCUT2D eigenvalue weighted by Gasteiger charge is -2.21. The van der Waals surface area contributed by atoms with Crippen molar-refractivity contribution in [2.45, 2.75) is 33.2 Å². The molecule has 1 saturated carbocycles. The van der Waals surface area contributed by atoms with Gasteiger partial charge >= 0.3 is 0 Å². The summed E-state index contributed by atoms with van der Waals surface area (Å²) in [5, 5.41) is 9.15. The summed E-state index contributed by atoms with van der Waals surface area (Å²) < 4.78 is 5.34. The van der Waals surface area contributed by atoms with Gasteiger partial charge in [-0.2, -0.15) is 5.26 Å². The molecule has 0 heterocycles. The van der Waals surface area contributed by atoms with Crippen LogP contribution >= 0.6 is 0 Å². The van der Waals surface area contributed by atoms with Crippen molar-refractivity contribution in [1.82, 2.24) is 4.90 Å². The minimum atomic E-state index is -0.0653. The summed E-state index contributed by atoms with van der Waals surface area (Å²) >= 11 is 0. The van der Waals surface area contributed by atoms with Crippen LogP contribution in [0.4, 0.5) is 0 Å². The van der Waals surface area contributed by atoms with Crippen molar-refractivity contribution in [1.29, 1.82) is 5.26 Å². The largest absolute Gasteiger partial charge is 0.496 e. The highest BCUT2D eigenvalue weighted by atomic mass is 16.5. The first-order valence-corrected chi connectivity index (χ1v) is 6.74. The number of ether oxygens (including phenoxy) is 1. The van der Waals surface area contributed by atoms with E-state index in [1.54, 1.807) is 7.11 Å². The van der Waals surface area contributed by atoms with E-state index in [1.165, 1.54) is 16.7 Å². The van der Waals surface area contributed by atoms with Crippen molar-refractivity contribution in [3.05, 3.63) is 28.8 Å². The Bertz CT molecular complexity index is 512. The molecule has 1 fully saturated rings. The number of hydrogen-bond donors (Lipinski definition) is 0. The molecule has 19 heavy (non-hydrogen) atoms. The van der Waals surface area contributed by atoms with Crippen LogP contribution < -0.4 is 4.74 Å². The second-order valence-corrected chi connectivity index (χ2v) is 5.74. The van der Waals surface area contributed by atoms with Crippen molar-refractivity contribution in [3.63, 3.8) is 0 Å². The van der Waals surface area contributed by atoms with Crippen molar-refractivity contribution in [2.24, 2.45) is 5.41 Å². The fraction of sp³-hybridized carbons (Fsp3) is 0.562. The van der Waals surface area contributed by atoms with Gasteiger partial charge in [-0.05, 0) is 56.5 Å². The van der Waals surface area contributed by atoms with Gasteiger partial charge in [-0.1, -0.05) is 6.07 Å². The second kappa shape index (κ2) is 5.22. The van der Waals surface area contributed by atoms with Crippen LogP contribution in [0.2, 0.25) is 0 Å². The number of rotatable bonds is 5. The molecule has 1 aliphatic carbocycles. The lowest BCUT2D eigenvalue weighted by Crippen LogP contribution is -2.26. The van der Waals surface area contributed by atoms with E-state index in [4.69, 9.17) is 10.00 Å². The molecule has 0 radical (unpaired) electrons. The van der Waals surface area contributed by atoms with E-state index in [2.05, 4.69) is 37.9 Å². The molecule has 0 aliphatic heterocycles. The fourth-order valence-corrected chi connectivity index (χ4v) is 2.56. The van der Waals surface area contributed by atoms with Crippen LogP contribution in [0.25, 0.3) is 0 Å². The zero-order valence-corrected chi connectivity index (χ0v) is 12.3. The summed E-state index contributed by atoms with van der Waals surface area (Å²) in [7, 11) is 3.80. The van der Waals surface area contributed by atoms with Gasteiger partial charge in [0.05, 0.1) is 18.6 Å². The van der Waals surface area contributed by atoms with E-state index in [0.29, 0.717) is 0 Å². The molecule has 0 atom stereocenters. The Kier molecular flexibility index (Phi) is 3.82. The van der Waals surface area contributed by atoms with Gasteiger partial charge in [0, 0.05) is 13.1 Å². The third kappa shape index (κ3) is 2.90. The van der Waals surface area contributed by atoms with Crippen molar-refractivity contribution < 1.29 is 4.74 Å². The number of nitrogens with zero attached hydrogens (tertiary/aromatic N) is 2. The number of benzene rings is 1. The predicted molar refractivity (Wildman–Crippen MR) is 76.1 cm³/mol. The summed E-state index contributed by atoms with van der Waals surface area (Å²) in [5.74, 6) is 0.944. The maximum atomic E-state index is 9.15. The van der Waals surface area contributed by atoms with Gasteiger partial charge < -0.3 is 9.64 Å². The Morgan fingerprint density at radius 3 is 2.53 bits per heavy atom. The third-order valence-corrected chi connectivity index (χ3v) is 4.17. The maximum Gasteiger partial charge on any atom is 0.122 e. The molecule has 3 nitrogen and oxygen atoms in total. The normalized spacial score (nSPS) is 16.2. The van der Waals surface area contributed by atoms with Gasteiger partial charge in [-0.3, -0.25) is 0 Å². The average molecular weight is 258 g/mol. The van der Waals surface area contributed by atoms with Gasteiger partial charge in [0.15, 0.2) is 0 Å². The molecule has 0 saturated heterocycles.